The van der Waals surface area contributed by atoms with Crippen molar-refractivity contribution in [3.8, 4) is 0 Å². The average molecular weight is 343 g/mol. The van der Waals surface area contributed by atoms with Crippen LogP contribution in [0.3, 0.4) is 0 Å². The Morgan fingerprint density at radius 2 is 2.45 bits per heavy atom. The number of halogens is 1. The molecule has 6 nitrogen and oxygen atoms in total. The van der Waals surface area contributed by atoms with Crippen LogP contribution < -0.4 is 5.32 Å². The minimum atomic E-state index is -0.288. The van der Waals surface area contributed by atoms with Crippen molar-refractivity contribution in [1.29, 1.82) is 0 Å². The molecule has 0 atom stereocenters. The number of amides is 1. The summed E-state index contributed by atoms with van der Waals surface area (Å²) in [7, 11) is 1.41. The number of rotatable bonds is 5. The van der Waals surface area contributed by atoms with Gasteiger partial charge in [-0.1, -0.05) is 0 Å². The van der Waals surface area contributed by atoms with Crippen molar-refractivity contribution in [2.75, 3.05) is 26.7 Å². The van der Waals surface area contributed by atoms with E-state index in [1.807, 2.05) is 17.1 Å². The largest absolute Gasteiger partial charge is 0.452 e. The molecule has 1 aromatic heterocycles. The van der Waals surface area contributed by atoms with Crippen molar-refractivity contribution in [1.82, 2.24) is 20.0 Å². The summed E-state index contributed by atoms with van der Waals surface area (Å²) in [5.41, 5.74) is 1.23. The van der Waals surface area contributed by atoms with Gasteiger partial charge in [-0.15, -0.1) is 0 Å². The van der Waals surface area contributed by atoms with Crippen molar-refractivity contribution < 1.29 is 9.53 Å². The molecular weight excluding hydrogens is 324 g/mol. The number of hydrogen-bond donors (Lipinski definition) is 1. The lowest BCUT2D eigenvalue weighted by Crippen LogP contribution is -2.32. The summed E-state index contributed by atoms with van der Waals surface area (Å²) in [4.78, 5) is 13.1. The molecule has 0 saturated heterocycles. The summed E-state index contributed by atoms with van der Waals surface area (Å²) in [5, 5.41) is 7.56. The van der Waals surface area contributed by atoms with E-state index in [0.717, 1.165) is 43.5 Å². The molecule has 2 heterocycles. The Hall–Kier alpha value is -1.34. The number of carbonyl (C=O) groups is 1. The lowest BCUT2D eigenvalue weighted by atomic mass is 10.1. The van der Waals surface area contributed by atoms with Gasteiger partial charge >= 0.3 is 6.09 Å². The van der Waals surface area contributed by atoms with E-state index in [9.17, 15) is 4.79 Å². The normalized spacial score (nSPS) is 15.1. The fourth-order valence-electron chi connectivity index (χ4n) is 2.12. The molecule has 1 N–H and O–H groups in total. The smallest absolute Gasteiger partial charge is 0.413 e. The first kappa shape index (κ1) is 15.1. The third-order valence-electron chi connectivity index (χ3n) is 3.12. The molecule has 0 spiro atoms. The van der Waals surface area contributed by atoms with E-state index >= 15 is 0 Å². The highest BCUT2D eigenvalue weighted by atomic mass is 79.9. The van der Waals surface area contributed by atoms with Crippen LogP contribution in [0.15, 0.2) is 28.6 Å². The summed E-state index contributed by atoms with van der Waals surface area (Å²) < 4.78 is 7.60. The monoisotopic (exact) mass is 342 g/mol. The van der Waals surface area contributed by atoms with Crippen molar-refractivity contribution in [2.45, 2.75) is 19.4 Å². The zero-order valence-electron chi connectivity index (χ0n) is 11.5. The van der Waals surface area contributed by atoms with Gasteiger partial charge in [-0.3, -0.25) is 9.58 Å². The van der Waals surface area contributed by atoms with Crippen LogP contribution in [0.4, 0.5) is 4.79 Å². The number of methoxy groups -OCH3 is 1. The fourth-order valence-corrected chi connectivity index (χ4v) is 2.45. The van der Waals surface area contributed by atoms with Crippen LogP contribution in [-0.2, 0) is 11.3 Å². The maximum absolute atomic E-state index is 11.5. The number of nitrogens with one attached hydrogen (secondary N) is 1. The molecule has 0 bridgehead atoms. The molecule has 2 rings (SSSR count). The SMILES string of the molecule is COC(=O)N1C=C(CNCCn2cc(Br)cn2)CCC1. The van der Waals surface area contributed by atoms with Gasteiger partial charge in [-0.25, -0.2) is 4.79 Å². The molecule has 0 unspecified atom stereocenters. The van der Waals surface area contributed by atoms with Crippen LogP contribution >= 0.6 is 15.9 Å². The van der Waals surface area contributed by atoms with Crippen molar-refractivity contribution in [3.05, 3.63) is 28.6 Å². The molecule has 7 heteroatoms. The van der Waals surface area contributed by atoms with Crippen LogP contribution in [0, 0.1) is 0 Å². The van der Waals surface area contributed by atoms with E-state index in [1.54, 1.807) is 11.1 Å². The number of hydrogen-bond acceptors (Lipinski definition) is 4. The molecule has 1 aliphatic heterocycles. The Kier molecular flexibility index (Phi) is 5.60. The summed E-state index contributed by atoms with van der Waals surface area (Å²) in [5.74, 6) is 0. The van der Waals surface area contributed by atoms with Gasteiger partial charge in [0, 0.05) is 32.0 Å². The van der Waals surface area contributed by atoms with Gasteiger partial charge < -0.3 is 10.1 Å². The number of nitrogens with zero attached hydrogens (tertiary/aromatic N) is 3. The molecule has 1 aliphatic rings. The number of ether oxygens (including phenoxy) is 1. The summed E-state index contributed by atoms with van der Waals surface area (Å²) >= 11 is 3.37. The molecule has 20 heavy (non-hydrogen) atoms. The van der Waals surface area contributed by atoms with E-state index in [2.05, 4.69) is 26.3 Å². The molecule has 0 aromatic carbocycles. The third-order valence-corrected chi connectivity index (χ3v) is 3.53. The Morgan fingerprint density at radius 3 is 3.15 bits per heavy atom. The Balaban J connectivity index is 1.73. The molecule has 0 saturated carbocycles. The third kappa shape index (κ3) is 4.35. The second kappa shape index (κ2) is 7.44. The van der Waals surface area contributed by atoms with Crippen molar-refractivity contribution in [3.63, 3.8) is 0 Å². The number of aromatic nitrogens is 2. The van der Waals surface area contributed by atoms with Gasteiger partial charge in [-0.2, -0.15) is 5.10 Å². The van der Waals surface area contributed by atoms with E-state index in [1.165, 1.54) is 12.7 Å². The summed E-state index contributed by atoms with van der Waals surface area (Å²) in [6.07, 6.45) is 7.33. The minimum Gasteiger partial charge on any atom is -0.452 e. The lowest BCUT2D eigenvalue weighted by molar-refractivity contribution is 0.137. The summed E-state index contributed by atoms with van der Waals surface area (Å²) in [6.45, 7) is 3.18. The molecule has 1 amide bonds. The first-order valence-corrected chi connectivity index (χ1v) is 7.41. The lowest BCUT2D eigenvalue weighted by Gasteiger charge is -2.24. The van der Waals surface area contributed by atoms with Gasteiger partial charge in [0.2, 0.25) is 0 Å². The zero-order valence-corrected chi connectivity index (χ0v) is 13.1. The minimum absolute atomic E-state index is 0.288. The van der Waals surface area contributed by atoms with Crippen LogP contribution in [0.2, 0.25) is 0 Å². The first-order valence-electron chi connectivity index (χ1n) is 6.62. The molecular formula is C13H19BrN4O2. The van der Waals surface area contributed by atoms with Crippen molar-refractivity contribution >= 4 is 22.0 Å². The second-order valence-corrected chi connectivity index (χ2v) is 5.57. The highest BCUT2D eigenvalue weighted by Crippen LogP contribution is 2.14. The quantitative estimate of drug-likeness (QED) is 0.831. The molecule has 110 valence electrons. The van der Waals surface area contributed by atoms with Gasteiger partial charge in [-0.05, 0) is 34.3 Å². The Morgan fingerprint density at radius 1 is 1.60 bits per heavy atom. The van der Waals surface area contributed by atoms with Crippen LogP contribution in [-0.4, -0.2) is 47.5 Å². The van der Waals surface area contributed by atoms with Gasteiger partial charge in [0.1, 0.15) is 0 Å². The fraction of sp³-hybridized carbons (Fsp3) is 0.538. The topological polar surface area (TPSA) is 59.4 Å². The second-order valence-electron chi connectivity index (χ2n) is 4.65. The highest BCUT2D eigenvalue weighted by molar-refractivity contribution is 9.10. The van der Waals surface area contributed by atoms with Gasteiger partial charge in [0.05, 0.1) is 24.3 Å². The summed E-state index contributed by atoms with van der Waals surface area (Å²) in [6, 6.07) is 0. The standard InChI is InChI=1S/C13H19BrN4O2/c1-20-13(19)17-5-2-3-11(9-17)7-15-4-6-18-10-12(14)8-16-18/h8-10,15H,2-7H2,1H3. The van der Waals surface area contributed by atoms with Crippen LogP contribution in [0.1, 0.15) is 12.8 Å². The molecule has 0 fully saturated rings. The zero-order chi connectivity index (χ0) is 14.4. The molecule has 0 aliphatic carbocycles. The van der Waals surface area contributed by atoms with Gasteiger partial charge in [0.15, 0.2) is 0 Å². The van der Waals surface area contributed by atoms with E-state index in [-0.39, 0.29) is 6.09 Å². The van der Waals surface area contributed by atoms with Gasteiger partial charge in [0.25, 0.3) is 0 Å². The van der Waals surface area contributed by atoms with Crippen LogP contribution in [0.5, 0.6) is 0 Å². The molecule has 0 radical (unpaired) electrons. The Bertz CT molecular complexity index is 486. The average Bonchev–Trinajstić information content (AvgIpc) is 2.88. The first-order chi connectivity index (χ1) is 9.69. The Labute approximate surface area is 126 Å². The number of carbonyl (C=O) groups excluding carboxylic acids is 1. The van der Waals surface area contributed by atoms with E-state index in [0.29, 0.717) is 0 Å². The predicted octanol–water partition coefficient (Wildman–Crippen LogP) is 1.98. The van der Waals surface area contributed by atoms with E-state index in [4.69, 9.17) is 4.74 Å². The highest BCUT2D eigenvalue weighted by Gasteiger charge is 2.16. The van der Waals surface area contributed by atoms with Crippen LogP contribution in [0.25, 0.3) is 0 Å². The molecule has 1 aromatic rings. The predicted molar refractivity (Wildman–Crippen MR) is 79.2 cm³/mol. The maximum Gasteiger partial charge on any atom is 0.413 e. The van der Waals surface area contributed by atoms with Crippen molar-refractivity contribution in [2.24, 2.45) is 0 Å². The van der Waals surface area contributed by atoms with E-state index < -0.39 is 0 Å². The maximum atomic E-state index is 11.5.